The second-order valence-corrected chi connectivity index (χ2v) is 3.90. The summed E-state index contributed by atoms with van der Waals surface area (Å²) in [5.74, 6) is -1.55. The van der Waals surface area contributed by atoms with Crippen molar-refractivity contribution in [2.45, 2.75) is 13.2 Å². The zero-order chi connectivity index (χ0) is 15.2. The summed E-state index contributed by atoms with van der Waals surface area (Å²) in [4.78, 5) is 30.5. The Bertz CT molecular complexity index is 641. The Morgan fingerprint density at radius 2 is 2.10 bits per heavy atom. The van der Waals surface area contributed by atoms with Crippen LogP contribution in [0.15, 0.2) is 18.5 Å². The Morgan fingerprint density at radius 3 is 2.71 bits per heavy atom. The number of methoxy groups -OCH3 is 1. The highest BCUT2D eigenvalue weighted by Crippen LogP contribution is 2.07. The number of ether oxygens (including phenoxy) is 1. The predicted octanol–water partition coefficient (Wildman–Crippen LogP) is -0.449. The lowest BCUT2D eigenvalue weighted by atomic mass is 10.3. The highest BCUT2D eigenvalue weighted by Gasteiger charge is 2.20. The molecule has 2 heterocycles. The van der Waals surface area contributed by atoms with Crippen molar-refractivity contribution in [3.63, 3.8) is 0 Å². The molecule has 0 aliphatic heterocycles. The number of nitrogens with zero attached hydrogens (tertiary/aromatic N) is 5. The SMILES string of the molecule is COCc1c(C(=O)O)nnn1CC(=O)Nc1ncccn1. The fraction of sp³-hybridized carbons (Fsp3) is 0.273. The molecule has 10 nitrogen and oxygen atoms in total. The van der Waals surface area contributed by atoms with Crippen LogP contribution in [-0.2, 0) is 22.7 Å². The molecule has 2 N–H and O–H groups in total. The monoisotopic (exact) mass is 292 g/mol. The Kier molecular flexibility index (Phi) is 4.51. The van der Waals surface area contributed by atoms with Crippen molar-refractivity contribution in [2.24, 2.45) is 0 Å². The number of carbonyl (C=O) groups is 2. The molecular weight excluding hydrogens is 280 g/mol. The second kappa shape index (κ2) is 6.52. The molecule has 2 aromatic rings. The molecule has 0 aliphatic carbocycles. The maximum atomic E-state index is 11.8. The number of rotatable bonds is 6. The van der Waals surface area contributed by atoms with Crippen molar-refractivity contribution in [3.8, 4) is 0 Å². The number of hydrogen-bond donors (Lipinski definition) is 2. The van der Waals surface area contributed by atoms with Gasteiger partial charge in [-0.05, 0) is 6.07 Å². The summed E-state index contributed by atoms with van der Waals surface area (Å²) < 4.78 is 6.05. The smallest absolute Gasteiger partial charge is 0.358 e. The molecule has 2 aromatic heterocycles. The number of anilines is 1. The van der Waals surface area contributed by atoms with Crippen molar-refractivity contribution < 1.29 is 19.4 Å². The Hall–Kier alpha value is -2.88. The van der Waals surface area contributed by atoms with E-state index in [-0.39, 0.29) is 30.5 Å². The molecule has 21 heavy (non-hydrogen) atoms. The van der Waals surface area contributed by atoms with Gasteiger partial charge in [0.15, 0.2) is 5.69 Å². The molecule has 0 radical (unpaired) electrons. The van der Waals surface area contributed by atoms with Crippen LogP contribution in [-0.4, -0.2) is 49.1 Å². The summed E-state index contributed by atoms with van der Waals surface area (Å²) in [7, 11) is 1.40. The van der Waals surface area contributed by atoms with Gasteiger partial charge in [0, 0.05) is 19.5 Å². The lowest BCUT2D eigenvalue weighted by molar-refractivity contribution is -0.117. The maximum absolute atomic E-state index is 11.8. The summed E-state index contributed by atoms with van der Waals surface area (Å²) in [6.45, 7) is -0.249. The van der Waals surface area contributed by atoms with Gasteiger partial charge in [-0.2, -0.15) is 0 Å². The van der Waals surface area contributed by atoms with E-state index >= 15 is 0 Å². The van der Waals surface area contributed by atoms with Gasteiger partial charge in [-0.15, -0.1) is 5.10 Å². The van der Waals surface area contributed by atoms with Gasteiger partial charge in [-0.25, -0.2) is 19.4 Å². The van der Waals surface area contributed by atoms with E-state index in [1.165, 1.54) is 19.5 Å². The Morgan fingerprint density at radius 1 is 1.38 bits per heavy atom. The average molecular weight is 292 g/mol. The van der Waals surface area contributed by atoms with E-state index in [1.54, 1.807) is 6.07 Å². The molecule has 110 valence electrons. The molecule has 10 heteroatoms. The van der Waals surface area contributed by atoms with Crippen molar-refractivity contribution in [3.05, 3.63) is 29.8 Å². The molecule has 0 fully saturated rings. The zero-order valence-electron chi connectivity index (χ0n) is 11.1. The Labute approximate surface area is 118 Å². The van der Waals surface area contributed by atoms with Crippen LogP contribution in [0.5, 0.6) is 0 Å². The summed E-state index contributed by atoms with van der Waals surface area (Å²) >= 11 is 0. The van der Waals surface area contributed by atoms with Gasteiger partial charge < -0.3 is 9.84 Å². The van der Waals surface area contributed by atoms with Crippen LogP contribution in [0.2, 0.25) is 0 Å². The number of nitrogens with one attached hydrogen (secondary N) is 1. The first-order chi connectivity index (χ1) is 10.1. The van der Waals surface area contributed by atoms with Crippen LogP contribution in [0, 0.1) is 0 Å². The number of carboxylic acid groups (broad SMARTS) is 1. The molecule has 0 saturated carbocycles. The minimum absolute atomic E-state index is 0.0241. The maximum Gasteiger partial charge on any atom is 0.358 e. The van der Waals surface area contributed by atoms with E-state index in [0.29, 0.717) is 0 Å². The first-order valence-electron chi connectivity index (χ1n) is 5.83. The summed E-state index contributed by atoms with van der Waals surface area (Å²) in [6, 6.07) is 1.61. The largest absolute Gasteiger partial charge is 0.476 e. The number of hydrogen-bond acceptors (Lipinski definition) is 7. The summed E-state index contributed by atoms with van der Waals surface area (Å²) in [5, 5.41) is 18.6. The molecule has 0 saturated heterocycles. The molecular formula is C11H12N6O4. The number of aromatic nitrogens is 5. The third-order valence-corrected chi connectivity index (χ3v) is 2.43. The van der Waals surface area contributed by atoms with Crippen LogP contribution in [0.3, 0.4) is 0 Å². The number of carbonyl (C=O) groups excluding carboxylic acids is 1. The van der Waals surface area contributed by atoms with Crippen molar-refractivity contribution in [1.82, 2.24) is 25.0 Å². The highest BCUT2D eigenvalue weighted by molar-refractivity contribution is 5.89. The molecule has 0 aliphatic rings. The fourth-order valence-electron chi connectivity index (χ4n) is 1.57. The fourth-order valence-corrected chi connectivity index (χ4v) is 1.57. The molecule has 0 spiro atoms. The number of aromatic carboxylic acids is 1. The zero-order valence-corrected chi connectivity index (χ0v) is 11.1. The van der Waals surface area contributed by atoms with Gasteiger partial charge in [0.05, 0.1) is 12.3 Å². The van der Waals surface area contributed by atoms with Gasteiger partial charge in [0.2, 0.25) is 11.9 Å². The van der Waals surface area contributed by atoms with E-state index in [9.17, 15) is 9.59 Å². The predicted molar refractivity (Wildman–Crippen MR) is 68.4 cm³/mol. The first kappa shape index (κ1) is 14.5. The van der Waals surface area contributed by atoms with Crippen LogP contribution < -0.4 is 5.32 Å². The van der Waals surface area contributed by atoms with Crippen LogP contribution in [0.25, 0.3) is 0 Å². The third-order valence-electron chi connectivity index (χ3n) is 2.43. The van der Waals surface area contributed by atoms with E-state index in [0.717, 1.165) is 4.68 Å². The van der Waals surface area contributed by atoms with Crippen LogP contribution in [0.1, 0.15) is 16.2 Å². The number of amides is 1. The molecule has 0 unspecified atom stereocenters. The molecule has 1 amide bonds. The summed E-state index contributed by atoms with van der Waals surface area (Å²) in [6.07, 6.45) is 2.97. The van der Waals surface area contributed by atoms with Gasteiger partial charge in [-0.3, -0.25) is 10.1 Å². The van der Waals surface area contributed by atoms with Crippen molar-refractivity contribution in [2.75, 3.05) is 12.4 Å². The van der Waals surface area contributed by atoms with Gasteiger partial charge in [0.1, 0.15) is 6.54 Å². The van der Waals surface area contributed by atoms with E-state index in [2.05, 4.69) is 25.6 Å². The summed E-state index contributed by atoms with van der Waals surface area (Å²) in [5.41, 5.74) is -0.0465. The van der Waals surface area contributed by atoms with Gasteiger partial charge in [0.25, 0.3) is 0 Å². The minimum Gasteiger partial charge on any atom is -0.476 e. The highest BCUT2D eigenvalue weighted by atomic mass is 16.5. The number of carboxylic acids is 1. The van der Waals surface area contributed by atoms with Gasteiger partial charge in [-0.1, -0.05) is 5.21 Å². The van der Waals surface area contributed by atoms with Gasteiger partial charge >= 0.3 is 5.97 Å². The van der Waals surface area contributed by atoms with E-state index in [4.69, 9.17) is 9.84 Å². The third kappa shape index (κ3) is 3.57. The van der Waals surface area contributed by atoms with Crippen LogP contribution >= 0.6 is 0 Å². The lowest BCUT2D eigenvalue weighted by Gasteiger charge is -2.06. The lowest BCUT2D eigenvalue weighted by Crippen LogP contribution is -2.22. The minimum atomic E-state index is -1.24. The molecule has 0 aromatic carbocycles. The molecule has 0 bridgehead atoms. The standard InChI is InChI=1S/C11H12N6O4/c1-21-6-7-9(10(19)20)15-16-17(7)5-8(18)14-11-12-3-2-4-13-11/h2-4H,5-6H2,1H3,(H,19,20)(H,12,13,14,18). The molecule has 2 rings (SSSR count). The Balaban J connectivity index is 2.12. The quantitative estimate of drug-likeness (QED) is 0.731. The van der Waals surface area contributed by atoms with E-state index < -0.39 is 11.9 Å². The van der Waals surface area contributed by atoms with Crippen LogP contribution in [0.4, 0.5) is 5.95 Å². The second-order valence-electron chi connectivity index (χ2n) is 3.90. The normalized spacial score (nSPS) is 10.3. The topological polar surface area (TPSA) is 132 Å². The van der Waals surface area contributed by atoms with Crippen molar-refractivity contribution in [1.29, 1.82) is 0 Å². The first-order valence-corrected chi connectivity index (χ1v) is 5.83. The molecule has 0 atom stereocenters. The van der Waals surface area contributed by atoms with Crippen molar-refractivity contribution >= 4 is 17.8 Å². The average Bonchev–Trinajstić information content (AvgIpc) is 2.83. The van der Waals surface area contributed by atoms with E-state index in [1.807, 2.05) is 0 Å².